The van der Waals surface area contributed by atoms with Gasteiger partial charge in [-0.1, -0.05) is 0 Å². The summed E-state index contributed by atoms with van der Waals surface area (Å²) >= 11 is 0. The molecule has 7 nitrogen and oxygen atoms in total. The summed E-state index contributed by atoms with van der Waals surface area (Å²) in [6.07, 6.45) is 1.49. The fourth-order valence-electron chi connectivity index (χ4n) is 1.60. The molecule has 1 aromatic heterocycles. The Morgan fingerprint density at radius 1 is 1.29 bits per heavy atom. The van der Waals surface area contributed by atoms with E-state index in [1.807, 2.05) is 0 Å². The number of primary amides is 2. The molecule has 6 N–H and O–H groups in total. The molecule has 1 heterocycles. The molecule has 94 valence electrons. The van der Waals surface area contributed by atoms with Crippen LogP contribution in [0.5, 0.6) is 0 Å². The lowest BCUT2D eigenvalue weighted by molar-refractivity contribution is -0.123. The third-order valence-electron chi connectivity index (χ3n) is 2.25. The fraction of sp³-hybridized carbons (Fsp3) is 0.400. The highest BCUT2D eigenvalue weighted by Gasteiger charge is 2.24. The topological polar surface area (TPSA) is 129 Å². The molecule has 1 unspecified atom stereocenters. The van der Waals surface area contributed by atoms with E-state index in [1.54, 1.807) is 12.1 Å². The molecule has 0 fully saturated rings. The molecule has 0 saturated carbocycles. The Labute approximate surface area is 98.5 Å². The minimum atomic E-state index is -0.559. The maximum atomic E-state index is 10.9. The van der Waals surface area contributed by atoms with Crippen LogP contribution in [0.15, 0.2) is 22.8 Å². The quantitative estimate of drug-likeness (QED) is 0.537. The van der Waals surface area contributed by atoms with Crippen molar-refractivity contribution in [1.29, 1.82) is 0 Å². The molecular formula is C10H16N4O3. The third kappa shape index (κ3) is 3.89. The molecule has 0 radical (unpaired) electrons. The first-order valence-corrected chi connectivity index (χ1v) is 5.08. The molecule has 2 amide bonds. The average Bonchev–Trinajstić information content (AvgIpc) is 2.70. The zero-order chi connectivity index (χ0) is 12.8. The van der Waals surface area contributed by atoms with Crippen molar-refractivity contribution in [2.24, 2.45) is 17.2 Å². The molecule has 0 spiro atoms. The minimum absolute atomic E-state index is 0.106. The number of hydrogen-bond acceptors (Lipinski definition) is 5. The van der Waals surface area contributed by atoms with Gasteiger partial charge in [-0.15, -0.1) is 0 Å². The van der Waals surface area contributed by atoms with Gasteiger partial charge in [0.15, 0.2) is 0 Å². The molecule has 17 heavy (non-hydrogen) atoms. The second-order valence-corrected chi connectivity index (χ2v) is 3.60. The number of furan rings is 1. The standard InChI is InChI=1S/C10H16N4O3/c11-4-7(8-2-1-3-17-8)14(5-9(12)15)6-10(13)16/h1-3,7H,4-6,11H2,(H2,12,15)(H2,13,16). The van der Waals surface area contributed by atoms with Crippen molar-refractivity contribution in [3.05, 3.63) is 24.2 Å². The molecule has 0 aromatic carbocycles. The molecule has 1 rings (SSSR count). The highest BCUT2D eigenvalue weighted by Crippen LogP contribution is 2.19. The lowest BCUT2D eigenvalue weighted by Crippen LogP contribution is -2.44. The summed E-state index contributed by atoms with van der Waals surface area (Å²) in [5.74, 6) is -0.553. The Morgan fingerprint density at radius 3 is 2.24 bits per heavy atom. The Bertz CT molecular complexity index is 361. The summed E-state index contributed by atoms with van der Waals surface area (Å²) in [5.41, 5.74) is 15.8. The van der Waals surface area contributed by atoms with Crippen LogP contribution in [0.2, 0.25) is 0 Å². The van der Waals surface area contributed by atoms with Gasteiger partial charge in [-0.2, -0.15) is 0 Å². The van der Waals surface area contributed by atoms with Crippen molar-refractivity contribution in [3.8, 4) is 0 Å². The monoisotopic (exact) mass is 240 g/mol. The number of nitrogens with two attached hydrogens (primary N) is 3. The van der Waals surface area contributed by atoms with Crippen molar-refractivity contribution in [2.75, 3.05) is 19.6 Å². The van der Waals surface area contributed by atoms with E-state index in [9.17, 15) is 9.59 Å². The summed E-state index contributed by atoms with van der Waals surface area (Å²) in [4.78, 5) is 23.4. The Morgan fingerprint density at radius 2 is 1.88 bits per heavy atom. The van der Waals surface area contributed by atoms with E-state index < -0.39 is 17.9 Å². The summed E-state index contributed by atoms with van der Waals surface area (Å²) in [6.45, 7) is -0.0227. The summed E-state index contributed by atoms with van der Waals surface area (Å²) < 4.78 is 5.20. The predicted molar refractivity (Wildman–Crippen MR) is 60.5 cm³/mol. The van der Waals surface area contributed by atoms with E-state index in [-0.39, 0.29) is 19.6 Å². The van der Waals surface area contributed by atoms with Crippen LogP contribution in [0.3, 0.4) is 0 Å². The van der Waals surface area contributed by atoms with E-state index in [0.29, 0.717) is 5.76 Å². The van der Waals surface area contributed by atoms with Gasteiger partial charge in [-0.05, 0) is 12.1 Å². The summed E-state index contributed by atoms with van der Waals surface area (Å²) in [6, 6.07) is 3.02. The molecule has 0 saturated heterocycles. The zero-order valence-electron chi connectivity index (χ0n) is 9.33. The van der Waals surface area contributed by atoms with Gasteiger partial charge in [0.25, 0.3) is 0 Å². The lowest BCUT2D eigenvalue weighted by atomic mass is 10.2. The molecule has 7 heteroatoms. The van der Waals surface area contributed by atoms with Crippen molar-refractivity contribution < 1.29 is 14.0 Å². The lowest BCUT2D eigenvalue weighted by Gasteiger charge is -2.26. The molecule has 0 aliphatic carbocycles. The van der Waals surface area contributed by atoms with Crippen LogP contribution in [-0.4, -0.2) is 36.3 Å². The first-order valence-electron chi connectivity index (χ1n) is 5.08. The smallest absolute Gasteiger partial charge is 0.231 e. The van der Waals surface area contributed by atoms with Gasteiger partial charge in [0.1, 0.15) is 5.76 Å². The van der Waals surface area contributed by atoms with Crippen LogP contribution in [0.4, 0.5) is 0 Å². The van der Waals surface area contributed by atoms with Crippen molar-refractivity contribution >= 4 is 11.8 Å². The van der Waals surface area contributed by atoms with E-state index in [1.165, 1.54) is 11.2 Å². The highest BCUT2D eigenvalue weighted by molar-refractivity contribution is 5.79. The first kappa shape index (κ1) is 13.2. The van der Waals surface area contributed by atoms with Gasteiger partial charge in [0.2, 0.25) is 11.8 Å². The SMILES string of the molecule is NCC(c1ccco1)N(CC(N)=O)CC(N)=O. The zero-order valence-corrected chi connectivity index (χ0v) is 9.33. The Kier molecular flexibility index (Phi) is 4.68. The molecule has 1 aromatic rings. The maximum absolute atomic E-state index is 10.9. The Balaban J connectivity index is 2.85. The Hall–Kier alpha value is -1.86. The normalized spacial score (nSPS) is 12.6. The summed E-state index contributed by atoms with van der Waals surface area (Å²) in [5, 5.41) is 0. The number of carbonyl (C=O) groups is 2. The van der Waals surface area contributed by atoms with Gasteiger partial charge in [-0.25, -0.2) is 0 Å². The predicted octanol–water partition coefficient (Wildman–Crippen LogP) is -1.45. The van der Waals surface area contributed by atoms with Crippen molar-refractivity contribution in [1.82, 2.24) is 4.90 Å². The van der Waals surface area contributed by atoms with Crippen LogP contribution in [0.25, 0.3) is 0 Å². The van der Waals surface area contributed by atoms with Crippen LogP contribution in [0, 0.1) is 0 Å². The van der Waals surface area contributed by atoms with Crippen LogP contribution in [0.1, 0.15) is 11.8 Å². The van der Waals surface area contributed by atoms with Crippen LogP contribution in [-0.2, 0) is 9.59 Å². The largest absolute Gasteiger partial charge is 0.468 e. The van der Waals surface area contributed by atoms with Crippen LogP contribution >= 0.6 is 0 Å². The number of rotatable bonds is 7. The van der Waals surface area contributed by atoms with Crippen molar-refractivity contribution in [2.45, 2.75) is 6.04 Å². The third-order valence-corrected chi connectivity index (χ3v) is 2.25. The van der Waals surface area contributed by atoms with E-state index in [4.69, 9.17) is 21.6 Å². The molecule has 0 bridgehead atoms. The van der Waals surface area contributed by atoms with Gasteiger partial charge >= 0.3 is 0 Å². The van der Waals surface area contributed by atoms with E-state index in [2.05, 4.69) is 0 Å². The van der Waals surface area contributed by atoms with Crippen molar-refractivity contribution in [3.63, 3.8) is 0 Å². The second-order valence-electron chi connectivity index (χ2n) is 3.60. The number of hydrogen-bond donors (Lipinski definition) is 3. The molecule has 1 atom stereocenters. The number of nitrogens with zero attached hydrogens (tertiary/aromatic N) is 1. The molecule has 0 aliphatic heterocycles. The van der Waals surface area contributed by atoms with Gasteiger partial charge in [0.05, 0.1) is 25.4 Å². The molecular weight excluding hydrogens is 224 g/mol. The number of carbonyl (C=O) groups excluding carboxylic acids is 2. The molecule has 0 aliphatic rings. The number of amides is 2. The average molecular weight is 240 g/mol. The highest BCUT2D eigenvalue weighted by atomic mass is 16.3. The fourth-order valence-corrected chi connectivity index (χ4v) is 1.60. The van der Waals surface area contributed by atoms with Gasteiger partial charge in [0, 0.05) is 6.54 Å². The second kappa shape index (κ2) is 6.02. The van der Waals surface area contributed by atoms with E-state index >= 15 is 0 Å². The maximum Gasteiger partial charge on any atom is 0.231 e. The van der Waals surface area contributed by atoms with E-state index in [0.717, 1.165) is 0 Å². The van der Waals surface area contributed by atoms with Gasteiger partial charge < -0.3 is 21.6 Å². The minimum Gasteiger partial charge on any atom is -0.468 e. The van der Waals surface area contributed by atoms with Crippen LogP contribution < -0.4 is 17.2 Å². The van der Waals surface area contributed by atoms with Gasteiger partial charge in [-0.3, -0.25) is 14.5 Å². The first-order chi connectivity index (χ1) is 8.04. The summed E-state index contributed by atoms with van der Waals surface area (Å²) in [7, 11) is 0.